The minimum atomic E-state index is -0.152. The van der Waals surface area contributed by atoms with Crippen LogP contribution in [0.25, 0.3) is 0 Å². The Hall–Kier alpha value is -2.54. The third-order valence-corrected chi connectivity index (χ3v) is 4.48. The maximum atomic E-state index is 12.1. The second kappa shape index (κ2) is 9.24. The van der Waals surface area contributed by atoms with Gasteiger partial charge in [-0.05, 0) is 42.8 Å². The van der Waals surface area contributed by atoms with E-state index in [1.54, 1.807) is 32.3 Å². The summed E-state index contributed by atoms with van der Waals surface area (Å²) in [4.78, 5) is 25.1. The monoisotopic (exact) mass is 419 g/mol. The summed E-state index contributed by atoms with van der Waals surface area (Å²) >= 11 is 3.43. The third kappa shape index (κ3) is 6.07. The molecule has 0 atom stereocenters. The number of hydrogen-bond acceptors (Lipinski definition) is 4. The fourth-order valence-electron chi connectivity index (χ4n) is 2.08. The van der Waals surface area contributed by atoms with E-state index in [0.29, 0.717) is 5.75 Å². The van der Waals surface area contributed by atoms with Crippen LogP contribution >= 0.6 is 15.9 Å². The molecule has 2 aromatic rings. The number of halogens is 1. The Morgan fingerprint density at radius 3 is 2.58 bits per heavy atom. The van der Waals surface area contributed by atoms with E-state index in [-0.39, 0.29) is 25.0 Å². The summed E-state index contributed by atoms with van der Waals surface area (Å²) in [6, 6.07) is 12.8. The normalized spacial score (nSPS) is 10.2. The number of likely N-dealkylation sites (N-methyl/N-ethyl adjacent to an activating group) is 1. The third-order valence-electron chi connectivity index (χ3n) is 3.59. The Morgan fingerprint density at radius 2 is 1.88 bits per heavy atom. The quantitative estimate of drug-likeness (QED) is 0.722. The van der Waals surface area contributed by atoms with E-state index in [2.05, 4.69) is 26.6 Å². The lowest BCUT2D eigenvalue weighted by atomic mass is 10.2. The van der Waals surface area contributed by atoms with Crippen LogP contribution in [0.5, 0.6) is 5.75 Å². The molecule has 0 radical (unpaired) electrons. The summed E-state index contributed by atoms with van der Waals surface area (Å²) in [5, 5.41) is 5.89. The first-order chi connectivity index (χ1) is 12.3. The number of ether oxygens (including phenoxy) is 1. The van der Waals surface area contributed by atoms with Crippen molar-refractivity contribution in [3.05, 3.63) is 52.5 Å². The average molecular weight is 420 g/mol. The summed E-state index contributed by atoms with van der Waals surface area (Å²) in [5.74, 6) is 0.294. The molecule has 2 amide bonds. The van der Waals surface area contributed by atoms with Gasteiger partial charge in [0.1, 0.15) is 5.75 Å². The highest BCUT2D eigenvalue weighted by atomic mass is 79.9. The van der Waals surface area contributed by atoms with Gasteiger partial charge in [0, 0.05) is 36.0 Å². The summed E-state index contributed by atoms with van der Waals surface area (Å²) < 4.78 is 6.46. The van der Waals surface area contributed by atoms with Crippen molar-refractivity contribution in [2.75, 3.05) is 37.9 Å². The molecule has 2 aromatic carbocycles. The van der Waals surface area contributed by atoms with Gasteiger partial charge in [-0.1, -0.05) is 22.0 Å². The number of aryl methyl sites for hydroxylation is 1. The zero-order valence-corrected chi connectivity index (χ0v) is 16.6. The van der Waals surface area contributed by atoms with Crippen LogP contribution in [0.3, 0.4) is 0 Å². The first-order valence-corrected chi connectivity index (χ1v) is 8.87. The van der Waals surface area contributed by atoms with Crippen molar-refractivity contribution in [1.29, 1.82) is 0 Å². The molecule has 0 bridgehead atoms. The van der Waals surface area contributed by atoms with E-state index in [1.807, 2.05) is 31.2 Å². The van der Waals surface area contributed by atoms with Crippen LogP contribution in [0.15, 0.2) is 46.9 Å². The van der Waals surface area contributed by atoms with E-state index in [4.69, 9.17) is 4.74 Å². The zero-order valence-electron chi connectivity index (χ0n) is 15.0. The molecule has 0 saturated heterocycles. The lowest BCUT2D eigenvalue weighted by Crippen LogP contribution is -2.27. The molecule has 0 spiro atoms. The van der Waals surface area contributed by atoms with Crippen LogP contribution in [0.4, 0.5) is 11.4 Å². The zero-order chi connectivity index (χ0) is 19.1. The molecule has 0 aliphatic rings. The Morgan fingerprint density at radius 1 is 1.12 bits per heavy atom. The predicted octanol–water partition coefficient (Wildman–Crippen LogP) is 3.28. The Labute approximate surface area is 161 Å². The molecule has 0 aromatic heterocycles. The fourth-order valence-corrected chi connectivity index (χ4v) is 2.33. The number of benzene rings is 2. The standard InChI is InChI=1S/C19H22BrN3O3/c1-13-9-15(7-8-17(13)20)22-18(24)11-21-14-5-4-6-16(10-14)26-12-19(25)23(2)3/h4-10,21H,11-12H2,1-3H3,(H,22,24). The van der Waals surface area contributed by atoms with Crippen LogP contribution in [0, 0.1) is 6.92 Å². The van der Waals surface area contributed by atoms with E-state index in [0.717, 1.165) is 21.4 Å². The second-order valence-corrected chi connectivity index (χ2v) is 6.82. The molecule has 26 heavy (non-hydrogen) atoms. The molecule has 0 saturated carbocycles. The van der Waals surface area contributed by atoms with E-state index >= 15 is 0 Å². The Kier molecular flexibility index (Phi) is 7.03. The van der Waals surface area contributed by atoms with Crippen molar-refractivity contribution in [2.45, 2.75) is 6.92 Å². The number of nitrogens with one attached hydrogen (secondary N) is 2. The maximum Gasteiger partial charge on any atom is 0.259 e. The highest BCUT2D eigenvalue weighted by Crippen LogP contribution is 2.20. The smallest absolute Gasteiger partial charge is 0.259 e. The lowest BCUT2D eigenvalue weighted by Gasteiger charge is -2.12. The molecule has 2 N–H and O–H groups in total. The second-order valence-electron chi connectivity index (χ2n) is 5.97. The van der Waals surface area contributed by atoms with Crippen molar-refractivity contribution in [3.8, 4) is 5.75 Å². The molecular formula is C19H22BrN3O3. The molecule has 2 rings (SSSR count). The van der Waals surface area contributed by atoms with Crippen LogP contribution in [-0.2, 0) is 9.59 Å². The predicted molar refractivity (Wildman–Crippen MR) is 107 cm³/mol. The van der Waals surface area contributed by atoms with Crippen LogP contribution in [0.2, 0.25) is 0 Å². The number of carbonyl (C=O) groups excluding carboxylic acids is 2. The molecule has 0 fully saturated rings. The van der Waals surface area contributed by atoms with Gasteiger partial charge in [-0.25, -0.2) is 0 Å². The van der Waals surface area contributed by atoms with Gasteiger partial charge in [0.25, 0.3) is 5.91 Å². The van der Waals surface area contributed by atoms with E-state index < -0.39 is 0 Å². The average Bonchev–Trinajstić information content (AvgIpc) is 2.61. The van der Waals surface area contributed by atoms with Crippen LogP contribution in [-0.4, -0.2) is 44.0 Å². The highest BCUT2D eigenvalue weighted by molar-refractivity contribution is 9.10. The summed E-state index contributed by atoms with van der Waals surface area (Å²) in [6.07, 6.45) is 0. The first kappa shape index (κ1) is 19.8. The Balaban J connectivity index is 1.86. The van der Waals surface area contributed by atoms with Gasteiger partial charge in [0.2, 0.25) is 5.91 Å². The van der Waals surface area contributed by atoms with Gasteiger partial charge in [-0.15, -0.1) is 0 Å². The van der Waals surface area contributed by atoms with Crippen molar-refractivity contribution in [3.63, 3.8) is 0 Å². The Bertz CT molecular complexity index is 793. The van der Waals surface area contributed by atoms with Gasteiger partial charge in [0.15, 0.2) is 6.61 Å². The van der Waals surface area contributed by atoms with Gasteiger partial charge in [-0.2, -0.15) is 0 Å². The summed E-state index contributed by atoms with van der Waals surface area (Å²) in [7, 11) is 3.35. The van der Waals surface area contributed by atoms with Crippen molar-refractivity contribution in [1.82, 2.24) is 4.90 Å². The minimum Gasteiger partial charge on any atom is -0.484 e. The van der Waals surface area contributed by atoms with E-state index in [1.165, 1.54) is 4.90 Å². The molecule has 0 heterocycles. The SMILES string of the molecule is Cc1cc(NC(=O)CNc2cccc(OCC(=O)N(C)C)c2)ccc1Br. The number of carbonyl (C=O) groups is 2. The molecular weight excluding hydrogens is 398 g/mol. The highest BCUT2D eigenvalue weighted by Gasteiger charge is 2.07. The van der Waals surface area contributed by atoms with Gasteiger partial charge in [0.05, 0.1) is 6.54 Å². The molecule has 138 valence electrons. The van der Waals surface area contributed by atoms with Gasteiger partial charge < -0.3 is 20.3 Å². The molecule has 0 unspecified atom stereocenters. The molecule has 0 aliphatic carbocycles. The van der Waals surface area contributed by atoms with Crippen molar-refractivity contribution < 1.29 is 14.3 Å². The molecule has 6 nitrogen and oxygen atoms in total. The lowest BCUT2D eigenvalue weighted by molar-refractivity contribution is -0.130. The topological polar surface area (TPSA) is 70.7 Å². The number of hydrogen-bond donors (Lipinski definition) is 2. The largest absolute Gasteiger partial charge is 0.484 e. The summed E-state index contributed by atoms with van der Waals surface area (Å²) in [6.45, 7) is 2.06. The fraction of sp³-hybridized carbons (Fsp3) is 0.263. The number of amides is 2. The van der Waals surface area contributed by atoms with Crippen LogP contribution in [0.1, 0.15) is 5.56 Å². The number of anilines is 2. The van der Waals surface area contributed by atoms with Crippen LogP contribution < -0.4 is 15.4 Å². The molecule has 0 aliphatic heterocycles. The number of rotatable bonds is 7. The minimum absolute atomic E-state index is 0.0279. The molecule has 7 heteroatoms. The van der Waals surface area contributed by atoms with Crippen molar-refractivity contribution >= 4 is 39.1 Å². The summed E-state index contributed by atoms with van der Waals surface area (Å²) in [5.41, 5.74) is 2.53. The first-order valence-electron chi connectivity index (χ1n) is 8.08. The van der Waals surface area contributed by atoms with E-state index in [9.17, 15) is 9.59 Å². The maximum absolute atomic E-state index is 12.1. The van der Waals surface area contributed by atoms with Gasteiger partial charge >= 0.3 is 0 Å². The van der Waals surface area contributed by atoms with Gasteiger partial charge in [-0.3, -0.25) is 9.59 Å². The number of nitrogens with zero attached hydrogens (tertiary/aromatic N) is 1. The van der Waals surface area contributed by atoms with Crippen molar-refractivity contribution in [2.24, 2.45) is 0 Å².